The van der Waals surface area contributed by atoms with Crippen LogP contribution in [-0.2, 0) is 9.59 Å². The van der Waals surface area contributed by atoms with E-state index in [1.807, 2.05) is 0 Å². The Hall–Kier alpha value is -2.40. The second-order valence-corrected chi connectivity index (χ2v) is 5.47. The first kappa shape index (κ1) is 14.5. The van der Waals surface area contributed by atoms with Gasteiger partial charge in [0.25, 0.3) is 0 Å². The highest BCUT2D eigenvalue weighted by atomic mass is 35.5. The molecule has 1 heterocycles. The van der Waals surface area contributed by atoms with Gasteiger partial charge in [0.2, 0.25) is 11.8 Å². The third-order valence-corrected chi connectivity index (χ3v) is 3.70. The van der Waals surface area contributed by atoms with Crippen molar-refractivity contribution in [2.24, 2.45) is 0 Å². The Morgan fingerprint density at radius 1 is 1.27 bits per heavy atom. The van der Waals surface area contributed by atoms with Crippen LogP contribution in [0.4, 0.5) is 15.8 Å². The molecule has 0 spiro atoms. The molecule has 4 nitrogen and oxygen atoms in total. The molecule has 0 aliphatic carbocycles. The number of anilines is 2. The summed E-state index contributed by atoms with van der Waals surface area (Å²) in [6.07, 6.45) is 0.0189. The highest BCUT2D eigenvalue weighted by molar-refractivity contribution is 6.30. The molecule has 0 aromatic heterocycles. The summed E-state index contributed by atoms with van der Waals surface area (Å²) < 4.78 is 13.3. The summed E-state index contributed by atoms with van der Waals surface area (Å²) in [6, 6.07) is 10.7. The molecule has 0 radical (unpaired) electrons. The Morgan fingerprint density at radius 3 is 2.86 bits per heavy atom. The largest absolute Gasteiger partial charge is 0.326 e. The van der Waals surface area contributed by atoms with Gasteiger partial charge in [-0.2, -0.15) is 0 Å². The number of fused-ring (bicyclic) bond motifs is 1. The maximum Gasteiger partial charge on any atom is 0.232 e. The molecular formula is C16H12ClFN2O2. The Labute approximate surface area is 131 Å². The smallest absolute Gasteiger partial charge is 0.232 e. The lowest BCUT2D eigenvalue weighted by Gasteiger charge is -2.24. The Morgan fingerprint density at radius 2 is 2.09 bits per heavy atom. The number of nitrogens with one attached hydrogen (secondary N) is 2. The van der Waals surface area contributed by atoms with Gasteiger partial charge in [-0.1, -0.05) is 23.7 Å². The van der Waals surface area contributed by atoms with E-state index < -0.39 is 11.7 Å². The van der Waals surface area contributed by atoms with Gasteiger partial charge in [-0.3, -0.25) is 9.59 Å². The van der Waals surface area contributed by atoms with Gasteiger partial charge in [0, 0.05) is 22.8 Å². The Balaban J connectivity index is 1.88. The fraction of sp³-hybridized carbons (Fsp3) is 0.125. The zero-order valence-electron chi connectivity index (χ0n) is 11.4. The Kier molecular flexibility index (Phi) is 3.81. The van der Waals surface area contributed by atoms with Crippen molar-refractivity contribution in [1.29, 1.82) is 0 Å². The van der Waals surface area contributed by atoms with Crippen molar-refractivity contribution >= 4 is 34.8 Å². The van der Waals surface area contributed by atoms with Gasteiger partial charge in [-0.15, -0.1) is 0 Å². The molecule has 1 aliphatic heterocycles. The van der Waals surface area contributed by atoms with Crippen LogP contribution in [0.1, 0.15) is 17.9 Å². The normalized spacial score (nSPS) is 16.6. The molecule has 2 amide bonds. The number of carbonyl (C=O) groups is 2. The van der Waals surface area contributed by atoms with Crippen molar-refractivity contribution < 1.29 is 14.0 Å². The number of carbonyl (C=O) groups excluding carboxylic acids is 2. The summed E-state index contributed by atoms with van der Waals surface area (Å²) in [7, 11) is 0. The molecule has 0 saturated carbocycles. The van der Waals surface area contributed by atoms with Gasteiger partial charge in [-0.25, -0.2) is 4.39 Å². The van der Waals surface area contributed by atoms with Crippen molar-refractivity contribution in [2.75, 3.05) is 10.6 Å². The molecule has 3 rings (SSSR count). The lowest BCUT2D eigenvalue weighted by molar-refractivity contribution is -0.123. The molecule has 1 atom stereocenters. The molecule has 0 saturated heterocycles. The Bertz CT molecular complexity index is 764. The van der Waals surface area contributed by atoms with E-state index in [-0.39, 0.29) is 18.2 Å². The second kappa shape index (κ2) is 5.77. The van der Waals surface area contributed by atoms with E-state index in [1.165, 1.54) is 18.2 Å². The molecule has 2 aromatic carbocycles. The van der Waals surface area contributed by atoms with E-state index >= 15 is 0 Å². The molecular weight excluding hydrogens is 307 g/mol. The van der Waals surface area contributed by atoms with Gasteiger partial charge in [0.05, 0.1) is 5.92 Å². The SMILES string of the molecule is O=C1C[C@@H](C(=O)Nc2cccc(Cl)c2)c2ccc(F)cc2N1. The quantitative estimate of drug-likeness (QED) is 0.889. The second-order valence-electron chi connectivity index (χ2n) is 5.04. The maximum atomic E-state index is 13.3. The first-order valence-corrected chi connectivity index (χ1v) is 7.06. The van der Waals surface area contributed by atoms with Gasteiger partial charge in [-0.05, 0) is 35.9 Å². The standard InChI is InChI=1S/C16H12ClFN2O2/c17-9-2-1-3-11(6-9)19-16(22)13-8-15(21)20-14-7-10(18)4-5-12(13)14/h1-7,13H,8H2,(H,19,22)(H,20,21)/t13-/m1/s1. The van der Waals surface area contributed by atoms with Crippen LogP contribution in [0.15, 0.2) is 42.5 Å². The summed E-state index contributed by atoms with van der Waals surface area (Å²) in [6.45, 7) is 0. The van der Waals surface area contributed by atoms with Crippen LogP contribution in [0.25, 0.3) is 0 Å². The average Bonchev–Trinajstić information content (AvgIpc) is 2.45. The predicted octanol–water partition coefficient (Wildman–Crippen LogP) is 3.54. The molecule has 0 unspecified atom stereocenters. The first-order chi connectivity index (χ1) is 10.5. The minimum absolute atomic E-state index is 0.0189. The first-order valence-electron chi connectivity index (χ1n) is 6.68. The highest BCUT2D eigenvalue weighted by Crippen LogP contribution is 2.33. The summed E-state index contributed by atoms with van der Waals surface area (Å²) in [5.41, 5.74) is 1.48. The number of benzene rings is 2. The van der Waals surface area contributed by atoms with Gasteiger partial charge in [0.15, 0.2) is 0 Å². The summed E-state index contributed by atoms with van der Waals surface area (Å²) in [5.74, 6) is -1.77. The monoisotopic (exact) mass is 318 g/mol. The number of hydrogen-bond donors (Lipinski definition) is 2. The van der Waals surface area contributed by atoms with E-state index in [2.05, 4.69) is 10.6 Å². The molecule has 112 valence electrons. The number of halogens is 2. The fourth-order valence-electron chi connectivity index (χ4n) is 2.47. The molecule has 6 heteroatoms. The topological polar surface area (TPSA) is 58.2 Å². The molecule has 1 aliphatic rings. The number of rotatable bonds is 2. The van der Waals surface area contributed by atoms with Crippen LogP contribution < -0.4 is 10.6 Å². The summed E-state index contributed by atoms with van der Waals surface area (Å²) >= 11 is 5.88. The zero-order chi connectivity index (χ0) is 15.7. The van der Waals surface area contributed by atoms with Crippen LogP contribution in [0, 0.1) is 5.82 Å². The number of hydrogen-bond acceptors (Lipinski definition) is 2. The molecule has 2 aromatic rings. The number of amides is 2. The van der Waals surface area contributed by atoms with Gasteiger partial charge in [0.1, 0.15) is 5.82 Å². The molecule has 0 bridgehead atoms. The molecule has 2 N–H and O–H groups in total. The molecule has 0 fully saturated rings. The zero-order valence-corrected chi connectivity index (χ0v) is 12.2. The van der Waals surface area contributed by atoms with Crippen molar-refractivity contribution in [2.45, 2.75) is 12.3 Å². The predicted molar refractivity (Wildman–Crippen MR) is 82.5 cm³/mol. The van der Waals surface area contributed by atoms with Crippen LogP contribution in [-0.4, -0.2) is 11.8 Å². The van der Waals surface area contributed by atoms with E-state index in [0.29, 0.717) is 22.0 Å². The molecule has 22 heavy (non-hydrogen) atoms. The van der Waals surface area contributed by atoms with E-state index in [0.717, 1.165) is 0 Å². The van der Waals surface area contributed by atoms with E-state index in [1.54, 1.807) is 24.3 Å². The van der Waals surface area contributed by atoms with Gasteiger partial charge < -0.3 is 10.6 Å². The minimum atomic E-state index is -0.664. The fourth-order valence-corrected chi connectivity index (χ4v) is 2.66. The average molecular weight is 319 g/mol. The summed E-state index contributed by atoms with van der Waals surface area (Å²) in [5, 5.41) is 5.81. The van der Waals surface area contributed by atoms with Crippen LogP contribution in [0.5, 0.6) is 0 Å². The van der Waals surface area contributed by atoms with Crippen molar-refractivity contribution in [3.05, 3.63) is 58.9 Å². The van der Waals surface area contributed by atoms with Crippen molar-refractivity contribution in [3.8, 4) is 0 Å². The summed E-state index contributed by atoms with van der Waals surface area (Å²) in [4.78, 5) is 24.2. The maximum absolute atomic E-state index is 13.3. The van der Waals surface area contributed by atoms with Crippen molar-refractivity contribution in [1.82, 2.24) is 0 Å². The lowest BCUT2D eigenvalue weighted by atomic mass is 9.89. The van der Waals surface area contributed by atoms with Gasteiger partial charge >= 0.3 is 0 Å². The third kappa shape index (κ3) is 2.94. The highest BCUT2D eigenvalue weighted by Gasteiger charge is 2.30. The van der Waals surface area contributed by atoms with E-state index in [4.69, 9.17) is 11.6 Å². The third-order valence-electron chi connectivity index (χ3n) is 3.46. The van der Waals surface area contributed by atoms with Crippen LogP contribution >= 0.6 is 11.6 Å². The van der Waals surface area contributed by atoms with Crippen molar-refractivity contribution in [3.63, 3.8) is 0 Å². The van der Waals surface area contributed by atoms with Crippen LogP contribution in [0.2, 0.25) is 5.02 Å². The lowest BCUT2D eigenvalue weighted by Crippen LogP contribution is -2.30. The van der Waals surface area contributed by atoms with E-state index in [9.17, 15) is 14.0 Å². The minimum Gasteiger partial charge on any atom is -0.326 e. The van der Waals surface area contributed by atoms with Crippen LogP contribution in [0.3, 0.4) is 0 Å².